The van der Waals surface area contributed by atoms with Gasteiger partial charge in [0.05, 0.1) is 0 Å². The van der Waals surface area contributed by atoms with Crippen LogP contribution in [0.5, 0.6) is 0 Å². The lowest BCUT2D eigenvalue weighted by atomic mass is 9.98. The maximum absolute atomic E-state index is 12.6. The zero-order valence-corrected chi connectivity index (χ0v) is 19.3. The fourth-order valence-corrected chi connectivity index (χ4v) is 4.36. The Kier molecular flexibility index (Phi) is 8.46. The van der Waals surface area contributed by atoms with Crippen molar-refractivity contribution in [1.29, 1.82) is 0 Å². The highest BCUT2D eigenvalue weighted by atomic mass is 16.5. The van der Waals surface area contributed by atoms with Crippen LogP contribution in [0.1, 0.15) is 56.6 Å². The minimum absolute atomic E-state index is 0.0370. The second-order valence-corrected chi connectivity index (χ2v) is 8.31. The summed E-state index contributed by atoms with van der Waals surface area (Å²) >= 11 is 0. The van der Waals surface area contributed by atoms with E-state index in [0.717, 1.165) is 35.1 Å². The van der Waals surface area contributed by atoms with Gasteiger partial charge in [0.25, 0.3) is 0 Å². The maximum Gasteiger partial charge on any atom is 0.407 e. The van der Waals surface area contributed by atoms with E-state index in [1.165, 1.54) is 4.90 Å². The van der Waals surface area contributed by atoms with E-state index in [4.69, 9.17) is 9.84 Å². The molecule has 7 nitrogen and oxygen atoms in total. The SMILES string of the molecule is CCCCC(CC(=O)N(CC)CC(=O)O)NC(=O)OCC1c2ccccc2-c2ccccc21. The van der Waals surface area contributed by atoms with Crippen LogP contribution < -0.4 is 5.32 Å². The molecular formula is C26H32N2O5. The number of fused-ring (bicyclic) bond motifs is 3. The first-order valence-electron chi connectivity index (χ1n) is 11.6. The molecule has 33 heavy (non-hydrogen) atoms. The van der Waals surface area contributed by atoms with Crippen molar-refractivity contribution in [3.63, 3.8) is 0 Å². The number of unbranched alkanes of at least 4 members (excludes halogenated alkanes) is 1. The van der Waals surface area contributed by atoms with Crippen molar-refractivity contribution in [3.8, 4) is 11.1 Å². The van der Waals surface area contributed by atoms with Gasteiger partial charge in [0, 0.05) is 24.9 Å². The number of nitrogens with one attached hydrogen (secondary N) is 1. The van der Waals surface area contributed by atoms with Crippen molar-refractivity contribution in [1.82, 2.24) is 10.2 Å². The number of carbonyl (C=O) groups is 3. The monoisotopic (exact) mass is 452 g/mol. The molecule has 176 valence electrons. The molecule has 0 saturated heterocycles. The molecule has 0 fully saturated rings. The molecule has 2 amide bonds. The van der Waals surface area contributed by atoms with Crippen LogP contribution >= 0.6 is 0 Å². The second-order valence-electron chi connectivity index (χ2n) is 8.31. The summed E-state index contributed by atoms with van der Waals surface area (Å²) < 4.78 is 5.61. The third-order valence-corrected chi connectivity index (χ3v) is 6.05. The van der Waals surface area contributed by atoms with Gasteiger partial charge in [-0.15, -0.1) is 0 Å². The molecular weight excluding hydrogens is 420 g/mol. The first kappa shape index (κ1) is 24.3. The first-order chi connectivity index (χ1) is 15.9. The number of aliphatic carboxylic acids is 1. The molecule has 0 spiro atoms. The zero-order valence-electron chi connectivity index (χ0n) is 19.3. The van der Waals surface area contributed by atoms with Crippen LogP contribution in [0.25, 0.3) is 11.1 Å². The predicted molar refractivity (Wildman–Crippen MR) is 126 cm³/mol. The summed E-state index contributed by atoms with van der Waals surface area (Å²) in [6.07, 6.45) is 1.87. The normalized spacial score (nSPS) is 13.0. The van der Waals surface area contributed by atoms with Gasteiger partial charge in [0.2, 0.25) is 5.91 Å². The molecule has 1 aliphatic carbocycles. The number of alkyl carbamates (subject to hydrolysis) is 1. The molecule has 2 aromatic rings. The van der Waals surface area contributed by atoms with Crippen LogP contribution in [0.15, 0.2) is 48.5 Å². The molecule has 0 aliphatic heterocycles. The fourth-order valence-electron chi connectivity index (χ4n) is 4.36. The van der Waals surface area contributed by atoms with E-state index in [1.54, 1.807) is 6.92 Å². The number of nitrogens with zero attached hydrogens (tertiary/aromatic N) is 1. The van der Waals surface area contributed by atoms with Crippen LogP contribution in [0, 0.1) is 0 Å². The van der Waals surface area contributed by atoms with Gasteiger partial charge in [-0.1, -0.05) is 68.3 Å². The molecule has 2 aromatic carbocycles. The second kappa shape index (κ2) is 11.5. The lowest BCUT2D eigenvalue weighted by Crippen LogP contribution is -2.42. The van der Waals surface area contributed by atoms with Gasteiger partial charge in [0.1, 0.15) is 13.2 Å². The lowest BCUT2D eigenvalue weighted by molar-refractivity contribution is -0.144. The van der Waals surface area contributed by atoms with Gasteiger partial charge < -0.3 is 20.1 Å². The van der Waals surface area contributed by atoms with Crippen molar-refractivity contribution < 1.29 is 24.2 Å². The van der Waals surface area contributed by atoms with Crippen molar-refractivity contribution in [2.75, 3.05) is 19.7 Å². The first-order valence-corrected chi connectivity index (χ1v) is 11.6. The van der Waals surface area contributed by atoms with Gasteiger partial charge in [-0.2, -0.15) is 0 Å². The van der Waals surface area contributed by atoms with E-state index in [-0.39, 0.29) is 31.4 Å². The Morgan fingerprint density at radius 3 is 2.18 bits per heavy atom. The minimum atomic E-state index is -1.06. The zero-order chi connectivity index (χ0) is 23.8. The van der Waals surface area contributed by atoms with Crippen molar-refractivity contribution in [3.05, 3.63) is 59.7 Å². The summed E-state index contributed by atoms with van der Waals surface area (Å²) in [5.74, 6) is -1.38. The van der Waals surface area contributed by atoms with E-state index in [1.807, 2.05) is 31.2 Å². The minimum Gasteiger partial charge on any atom is -0.480 e. The van der Waals surface area contributed by atoms with E-state index in [2.05, 4.69) is 29.6 Å². The third kappa shape index (κ3) is 6.12. The largest absolute Gasteiger partial charge is 0.480 e. The van der Waals surface area contributed by atoms with Crippen molar-refractivity contribution in [2.24, 2.45) is 0 Å². The summed E-state index contributed by atoms with van der Waals surface area (Å²) in [6.45, 7) is 3.93. The Morgan fingerprint density at radius 1 is 1.03 bits per heavy atom. The van der Waals surface area contributed by atoms with Gasteiger partial charge in [-0.25, -0.2) is 4.79 Å². The number of carboxylic acids is 1. The number of hydrogen-bond donors (Lipinski definition) is 2. The van der Waals surface area contributed by atoms with Crippen LogP contribution in [0.4, 0.5) is 4.79 Å². The molecule has 0 aromatic heterocycles. The maximum atomic E-state index is 12.6. The molecule has 0 heterocycles. The molecule has 1 unspecified atom stereocenters. The number of rotatable bonds is 11. The summed E-state index contributed by atoms with van der Waals surface area (Å²) in [5.41, 5.74) is 4.59. The number of carboxylic acid groups (broad SMARTS) is 1. The topological polar surface area (TPSA) is 95.9 Å². The Balaban J connectivity index is 1.62. The predicted octanol–water partition coefficient (Wildman–Crippen LogP) is 4.41. The van der Waals surface area contributed by atoms with Gasteiger partial charge >= 0.3 is 12.1 Å². The number of carbonyl (C=O) groups excluding carboxylic acids is 2. The van der Waals surface area contributed by atoms with Gasteiger partial charge in [0.15, 0.2) is 0 Å². The highest BCUT2D eigenvalue weighted by molar-refractivity contribution is 5.82. The van der Waals surface area contributed by atoms with E-state index >= 15 is 0 Å². The molecule has 3 rings (SSSR count). The third-order valence-electron chi connectivity index (χ3n) is 6.05. The Hall–Kier alpha value is -3.35. The fraction of sp³-hybridized carbons (Fsp3) is 0.423. The van der Waals surface area contributed by atoms with Gasteiger partial charge in [-0.3, -0.25) is 9.59 Å². The van der Waals surface area contributed by atoms with Crippen molar-refractivity contribution >= 4 is 18.0 Å². The number of likely N-dealkylation sites (N-methyl/N-ethyl adjacent to an activating group) is 1. The molecule has 2 N–H and O–H groups in total. The number of benzene rings is 2. The van der Waals surface area contributed by atoms with Crippen LogP contribution in [-0.4, -0.2) is 53.7 Å². The summed E-state index contributed by atoms with van der Waals surface area (Å²) in [4.78, 5) is 37.5. The molecule has 7 heteroatoms. The average molecular weight is 453 g/mol. The van der Waals surface area contributed by atoms with Crippen LogP contribution in [0.3, 0.4) is 0 Å². The molecule has 0 saturated carbocycles. The number of amides is 2. The van der Waals surface area contributed by atoms with Crippen LogP contribution in [0.2, 0.25) is 0 Å². The lowest BCUT2D eigenvalue weighted by Gasteiger charge is -2.23. The summed E-state index contributed by atoms with van der Waals surface area (Å²) in [7, 11) is 0. The Morgan fingerprint density at radius 2 is 1.64 bits per heavy atom. The highest BCUT2D eigenvalue weighted by Gasteiger charge is 2.29. The quantitative estimate of drug-likeness (QED) is 0.527. The summed E-state index contributed by atoms with van der Waals surface area (Å²) in [5, 5.41) is 11.8. The van der Waals surface area contributed by atoms with Gasteiger partial charge in [-0.05, 0) is 35.6 Å². The van der Waals surface area contributed by atoms with E-state index in [9.17, 15) is 14.4 Å². The number of ether oxygens (including phenoxy) is 1. The number of hydrogen-bond acceptors (Lipinski definition) is 4. The standard InChI is InChI=1S/C26H32N2O5/c1-3-5-10-18(15-24(29)28(4-2)16-25(30)31)27-26(32)33-17-23-21-13-8-6-11-19(21)20-12-7-9-14-22(20)23/h6-9,11-14,18,23H,3-5,10,15-17H2,1-2H3,(H,27,32)(H,30,31). The molecule has 0 radical (unpaired) electrons. The highest BCUT2D eigenvalue weighted by Crippen LogP contribution is 2.44. The molecule has 0 bridgehead atoms. The molecule has 1 aliphatic rings. The smallest absolute Gasteiger partial charge is 0.407 e. The van der Waals surface area contributed by atoms with Crippen molar-refractivity contribution in [2.45, 2.75) is 51.5 Å². The Bertz CT molecular complexity index is 945. The average Bonchev–Trinajstić information content (AvgIpc) is 3.13. The van der Waals surface area contributed by atoms with E-state index < -0.39 is 18.1 Å². The van der Waals surface area contributed by atoms with E-state index in [0.29, 0.717) is 13.0 Å². The molecule has 1 atom stereocenters. The Labute approximate surface area is 194 Å². The summed E-state index contributed by atoms with van der Waals surface area (Å²) in [6, 6.07) is 15.9. The van der Waals surface area contributed by atoms with Crippen LogP contribution in [-0.2, 0) is 14.3 Å².